The van der Waals surface area contributed by atoms with Crippen LogP contribution in [0.5, 0.6) is 0 Å². The molecule has 0 spiro atoms. The summed E-state index contributed by atoms with van der Waals surface area (Å²) < 4.78 is 0. The van der Waals surface area contributed by atoms with Gasteiger partial charge in [-0.3, -0.25) is 4.79 Å². The number of hydrogen-bond donors (Lipinski definition) is 1. The number of rotatable bonds is 2. The molecule has 2 nitrogen and oxygen atoms in total. The molecule has 1 amide bonds. The first-order valence-electron chi connectivity index (χ1n) is 6.97. The molecule has 0 radical (unpaired) electrons. The van der Waals surface area contributed by atoms with Gasteiger partial charge in [0.25, 0.3) is 0 Å². The van der Waals surface area contributed by atoms with Crippen LogP contribution in [0.25, 0.3) is 0 Å². The third-order valence-electron chi connectivity index (χ3n) is 2.79. The van der Waals surface area contributed by atoms with Gasteiger partial charge in [-0.2, -0.15) is 0 Å². The molecule has 0 saturated heterocycles. The Hall–Kier alpha value is -0.530. The van der Waals surface area contributed by atoms with Gasteiger partial charge >= 0.3 is 0 Å². The lowest BCUT2D eigenvalue weighted by molar-refractivity contribution is -0.119. The van der Waals surface area contributed by atoms with E-state index in [0.717, 1.165) is 5.92 Å². The fourth-order valence-electron chi connectivity index (χ4n) is 2.07. The second-order valence-corrected chi connectivity index (χ2v) is 3.89. The van der Waals surface area contributed by atoms with Crippen LogP contribution in [0.15, 0.2) is 0 Å². The Morgan fingerprint density at radius 2 is 1.56 bits per heavy atom. The van der Waals surface area contributed by atoms with Gasteiger partial charge in [-0.05, 0) is 25.7 Å². The second kappa shape index (κ2) is 12.5. The van der Waals surface area contributed by atoms with Crippen molar-refractivity contribution in [3.63, 3.8) is 0 Å². The van der Waals surface area contributed by atoms with Crippen LogP contribution in [0.3, 0.4) is 0 Å². The summed E-state index contributed by atoms with van der Waals surface area (Å²) >= 11 is 0. The first-order chi connectivity index (χ1) is 7.70. The second-order valence-electron chi connectivity index (χ2n) is 3.89. The van der Waals surface area contributed by atoms with Crippen molar-refractivity contribution in [3.05, 3.63) is 0 Å². The lowest BCUT2D eigenvalue weighted by Crippen LogP contribution is -2.37. The minimum absolute atomic E-state index is 0. The topological polar surface area (TPSA) is 29.1 Å². The first-order valence-corrected chi connectivity index (χ1v) is 6.97. The molecule has 1 atom stereocenters. The molecule has 1 fully saturated rings. The third kappa shape index (κ3) is 8.75. The van der Waals surface area contributed by atoms with E-state index in [1.165, 1.54) is 32.1 Å². The van der Waals surface area contributed by atoms with E-state index in [1.807, 2.05) is 27.7 Å². The van der Waals surface area contributed by atoms with Gasteiger partial charge in [0, 0.05) is 14.4 Å². The van der Waals surface area contributed by atoms with Crippen LogP contribution in [0.2, 0.25) is 0 Å². The maximum Gasteiger partial charge on any atom is 0.217 e. The third-order valence-corrected chi connectivity index (χ3v) is 2.79. The Bertz CT molecular complexity index is 156. The van der Waals surface area contributed by atoms with Crippen molar-refractivity contribution in [1.82, 2.24) is 5.32 Å². The molecule has 0 heterocycles. The minimum Gasteiger partial charge on any atom is -0.354 e. The Labute approximate surface area is 104 Å². The zero-order valence-electron chi connectivity index (χ0n) is 12.1. The van der Waals surface area contributed by atoms with E-state index in [4.69, 9.17) is 0 Å². The molecule has 1 unspecified atom stereocenters. The largest absolute Gasteiger partial charge is 0.354 e. The van der Waals surface area contributed by atoms with Crippen molar-refractivity contribution in [1.29, 1.82) is 0 Å². The molecular formula is C14H33NO. The Balaban J connectivity index is -0.000000355. The average Bonchev–Trinajstić information content (AvgIpc) is 2.34. The van der Waals surface area contributed by atoms with Crippen LogP contribution >= 0.6 is 0 Å². The summed E-state index contributed by atoms with van der Waals surface area (Å²) in [5.41, 5.74) is 0. The highest BCUT2D eigenvalue weighted by atomic mass is 16.1. The van der Waals surface area contributed by atoms with Crippen molar-refractivity contribution in [3.8, 4) is 0 Å². The molecule has 1 saturated carbocycles. The molecule has 0 aromatic heterocycles. The first kappa shape index (κ1) is 17.9. The summed E-state index contributed by atoms with van der Waals surface area (Å²) in [6.07, 6.45) is 6.65. The SMILES string of the molecule is CC.CC.CC(=O)NC(C)C1CCCCC1.[HH]. The highest BCUT2D eigenvalue weighted by Crippen LogP contribution is 2.26. The zero-order chi connectivity index (χ0) is 13.0. The fourth-order valence-corrected chi connectivity index (χ4v) is 2.07. The van der Waals surface area contributed by atoms with Crippen molar-refractivity contribution < 1.29 is 6.22 Å². The van der Waals surface area contributed by atoms with E-state index in [9.17, 15) is 4.79 Å². The molecule has 100 valence electrons. The maximum absolute atomic E-state index is 10.8. The van der Waals surface area contributed by atoms with Crippen LogP contribution in [-0.4, -0.2) is 11.9 Å². The van der Waals surface area contributed by atoms with Crippen molar-refractivity contribution in [2.75, 3.05) is 0 Å². The summed E-state index contributed by atoms with van der Waals surface area (Å²) in [7, 11) is 0. The van der Waals surface area contributed by atoms with Crippen molar-refractivity contribution in [2.45, 2.75) is 79.7 Å². The van der Waals surface area contributed by atoms with Gasteiger partial charge in [0.1, 0.15) is 0 Å². The van der Waals surface area contributed by atoms with Gasteiger partial charge in [0.2, 0.25) is 5.91 Å². The smallest absolute Gasteiger partial charge is 0.217 e. The van der Waals surface area contributed by atoms with Crippen LogP contribution in [0, 0.1) is 5.92 Å². The van der Waals surface area contributed by atoms with Gasteiger partial charge in [0.15, 0.2) is 0 Å². The summed E-state index contributed by atoms with van der Waals surface area (Å²) in [4.78, 5) is 10.8. The normalized spacial score (nSPS) is 17.1. The molecule has 0 bridgehead atoms. The van der Waals surface area contributed by atoms with Crippen LogP contribution in [0.1, 0.15) is 75.1 Å². The van der Waals surface area contributed by atoms with E-state index < -0.39 is 0 Å². The van der Waals surface area contributed by atoms with Gasteiger partial charge in [-0.1, -0.05) is 47.0 Å². The number of amides is 1. The van der Waals surface area contributed by atoms with Gasteiger partial charge in [-0.25, -0.2) is 0 Å². The maximum atomic E-state index is 10.8. The van der Waals surface area contributed by atoms with E-state index in [1.54, 1.807) is 6.92 Å². The number of nitrogens with one attached hydrogen (secondary N) is 1. The predicted octanol–water partition coefficient (Wildman–Crippen LogP) is 4.39. The standard InChI is InChI=1S/C10H19NO.2C2H6.H2/c1-8(11-9(2)12)10-6-4-3-5-7-10;2*1-2;/h8,10H,3-7H2,1-2H3,(H,11,12);2*1-2H3;1H. The van der Waals surface area contributed by atoms with Crippen LogP contribution < -0.4 is 5.32 Å². The molecule has 0 aromatic rings. The molecule has 2 heteroatoms. The molecule has 1 aliphatic rings. The number of hydrogen-bond acceptors (Lipinski definition) is 1. The quantitative estimate of drug-likeness (QED) is 0.750. The molecule has 0 aromatic carbocycles. The lowest BCUT2D eigenvalue weighted by atomic mass is 9.84. The Morgan fingerprint density at radius 3 is 1.94 bits per heavy atom. The fraction of sp³-hybridized carbons (Fsp3) is 0.929. The molecule has 1 rings (SSSR count). The average molecular weight is 231 g/mol. The lowest BCUT2D eigenvalue weighted by Gasteiger charge is -2.27. The minimum atomic E-state index is 0. The number of carbonyl (C=O) groups is 1. The molecular weight excluding hydrogens is 198 g/mol. The van der Waals surface area contributed by atoms with Crippen molar-refractivity contribution in [2.24, 2.45) is 5.92 Å². The molecule has 1 N–H and O–H groups in total. The Kier molecular flexibility index (Phi) is 14.0. The highest BCUT2D eigenvalue weighted by molar-refractivity contribution is 5.73. The van der Waals surface area contributed by atoms with E-state index in [0.29, 0.717) is 6.04 Å². The number of carbonyl (C=O) groups excluding carboxylic acids is 1. The molecule has 16 heavy (non-hydrogen) atoms. The van der Waals surface area contributed by atoms with Crippen molar-refractivity contribution >= 4 is 5.91 Å². The predicted molar refractivity (Wildman–Crippen MR) is 74.7 cm³/mol. The summed E-state index contributed by atoms with van der Waals surface area (Å²) in [5, 5.41) is 2.97. The van der Waals surface area contributed by atoms with Gasteiger partial charge < -0.3 is 5.32 Å². The summed E-state index contributed by atoms with van der Waals surface area (Å²) in [6.45, 7) is 11.7. The molecule has 0 aliphatic heterocycles. The van der Waals surface area contributed by atoms with E-state index in [-0.39, 0.29) is 7.33 Å². The summed E-state index contributed by atoms with van der Waals surface area (Å²) in [5.74, 6) is 0.829. The van der Waals surface area contributed by atoms with E-state index >= 15 is 0 Å². The van der Waals surface area contributed by atoms with Crippen LogP contribution in [0.4, 0.5) is 0 Å². The Morgan fingerprint density at radius 1 is 1.12 bits per heavy atom. The van der Waals surface area contributed by atoms with Gasteiger partial charge in [0.05, 0.1) is 0 Å². The van der Waals surface area contributed by atoms with Gasteiger partial charge in [-0.15, -0.1) is 0 Å². The van der Waals surface area contributed by atoms with Crippen LogP contribution in [-0.2, 0) is 4.79 Å². The van der Waals surface area contributed by atoms with E-state index in [2.05, 4.69) is 12.2 Å². The summed E-state index contributed by atoms with van der Waals surface area (Å²) in [6, 6.07) is 0.378. The monoisotopic (exact) mass is 231 g/mol. The zero-order valence-corrected chi connectivity index (χ0v) is 12.1. The molecule has 1 aliphatic carbocycles. The highest BCUT2D eigenvalue weighted by Gasteiger charge is 2.19.